The molecule has 0 unspecified atom stereocenters. The Morgan fingerprint density at radius 3 is 2.27 bits per heavy atom. The third kappa shape index (κ3) is 5.72. The van der Waals surface area contributed by atoms with Crippen molar-refractivity contribution in [2.24, 2.45) is 0 Å². The van der Waals surface area contributed by atoms with Gasteiger partial charge in [-0.2, -0.15) is 0 Å². The molecule has 1 rings (SSSR count). The molecule has 0 aliphatic rings. The fourth-order valence-electron chi connectivity index (χ4n) is 1.59. The second-order valence-corrected chi connectivity index (χ2v) is 7.81. The van der Waals surface area contributed by atoms with Crippen LogP contribution in [0.1, 0.15) is 36.7 Å². The van der Waals surface area contributed by atoms with E-state index < -0.39 is 27.5 Å². The van der Waals surface area contributed by atoms with Crippen LogP contribution in [0.25, 0.3) is 0 Å². The molecule has 22 heavy (non-hydrogen) atoms. The molecule has 1 aromatic carbocycles. The number of hydrogen-bond donors (Lipinski definition) is 2. The summed E-state index contributed by atoms with van der Waals surface area (Å²) in [5, 5.41) is 11.5. The quantitative estimate of drug-likeness (QED) is 0.872. The van der Waals surface area contributed by atoms with Crippen molar-refractivity contribution in [1.82, 2.24) is 5.32 Å². The summed E-state index contributed by atoms with van der Waals surface area (Å²) in [6.07, 6.45) is 0.313. The van der Waals surface area contributed by atoms with Gasteiger partial charge in [-0.15, -0.1) is 0 Å². The van der Waals surface area contributed by atoms with Gasteiger partial charge in [-0.05, 0) is 44.5 Å². The molecule has 0 saturated heterocycles. The largest absolute Gasteiger partial charge is 0.478 e. The van der Waals surface area contributed by atoms with Crippen LogP contribution in [0.2, 0.25) is 0 Å². The molecule has 0 aliphatic carbocycles. The number of carbonyl (C=O) groups is 2. The minimum absolute atomic E-state index is 0.0431. The van der Waals surface area contributed by atoms with E-state index in [-0.39, 0.29) is 17.0 Å². The molecular weight excluding hydrogens is 310 g/mol. The van der Waals surface area contributed by atoms with E-state index in [0.717, 1.165) is 12.3 Å². The Balaban J connectivity index is 2.98. The fraction of sp³-hybridized carbons (Fsp3) is 0.429. The van der Waals surface area contributed by atoms with Crippen LogP contribution in [0, 0.1) is 0 Å². The van der Waals surface area contributed by atoms with E-state index >= 15 is 0 Å². The highest BCUT2D eigenvalue weighted by Crippen LogP contribution is 2.16. The molecule has 1 aromatic rings. The van der Waals surface area contributed by atoms with Crippen LogP contribution in [-0.2, 0) is 21.1 Å². The Kier molecular flexibility index (Phi) is 5.18. The van der Waals surface area contributed by atoms with Crippen molar-refractivity contribution < 1.29 is 27.9 Å². The van der Waals surface area contributed by atoms with Crippen LogP contribution in [0.5, 0.6) is 0 Å². The van der Waals surface area contributed by atoms with Crippen molar-refractivity contribution in [1.29, 1.82) is 0 Å². The number of carboxylic acid groups (broad SMARTS) is 1. The van der Waals surface area contributed by atoms with Gasteiger partial charge in [0, 0.05) is 12.8 Å². The molecule has 0 aromatic heterocycles. The monoisotopic (exact) mass is 329 g/mol. The highest BCUT2D eigenvalue weighted by Gasteiger charge is 2.17. The van der Waals surface area contributed by atoms with Gasteiger partial charge in [0.2, 0.25) is 0 Å². The number of aromatic carboxylic acids is 1. The Labute approximate surface area is 129 Å². The topological polar surface area (TPSA) is 110 Å². The molecule has 0 radical (unpaired) electrons. The molecule has 7 nitrogen and oxygen atoms in total. The van der Waals surface area contributed by atoms with E-state index in [2.05, 4.69) is 5.32 Å². The second-order valence-electron chi connectivity index (χ2n) is 5.80. The van der Waals surface area contributed by atoms with E-state index in [1.165, 1.54) is 12.1 Å². The first-order valence-corrected chi connectivity index (χ1v) is 8.32. The van der Waals surface area contributed by atoms with Crippen molar-refractivity contribution in [2.45, 2.75) is 37.8 Å². The number of ether oxygens (including phenoxy) is 1. The molecule has 0 spiro atoms. The van der Waals surface area contributed by atoms with E-state index in [4.69, 9.17) is 9.84 Å². The third-order valence-corrected chi connectivity index (χ3v) is 3.57. The van der Waals surface area contributed by atoms with Crippen LogP contribution >= 0.6 is 0 Å². The zero-order valence-corrected chi connectivity index (χ0v) is 13.7. The van der Waals surface area contributed by atoms with Crippen molar-refractivity contribution >= 4 is 21.9 Å². The number of sulfone groups is 1. The molecule has 0 fully saturated rings. The molecule has 0 heterocycles. The van der Waals surface area contributed by atoms with Crippen LogP contribution in [0.4, 0.5) is 4.79 Å². The number of hydrogen-bond acceptors (Lipinski definition) is 5. The standard InChI is InChI=1S/C14H19NO6S/c1-14(2,3)21-13(18)15-8-9-5-10(12(16)17)7-11(6-9)22(4,19)20/h5-7H,8H2,1-4H3,(H,15,18)(H,16,17). The molecule has 1 amide bonds. The third-order valence-electron chi connectivity index (χ3n) is 2.48. The van der Waals surface area contributed by atoms with Gasteiger partial charge in [-0.1, -0.05) is 0 Å². The summed E-state index contributed by atoms with van der Waals surface area (Å²) in [7, 11) is -3.56. The predicted octanol–water partition coefficient (Wildman–Crippen LogP) is 1.81. The average molecular weight is 329 g/mol. The second kappa shape index (κ2) is 6.35. The number of carbonyl (C=O) groups excluding carboxylic acids is 1. The molecular formula is C14H19NO6S. The lowest BCUT2D eigenvalue weighted by molar-refractivity contribution is 0.0523. The molecule has 0 saturated carbocycles. The molecule has 0 aliphatic heterocycles. The first kappa shape index (κ1) is 18.0. The lowest BCUT2D eigenvalue weighted by Gasteiger charge is -2.19. The minimum atomic E-state index is -3.56. The van der Waals surface area contributed by atoms with Crippen LogP contribution in [0.15, 0.2) is 23.1 Å². The predicted molar refractivity (Wildman–Crippen MR) is 79.6 cm³/mol. The SMILES string of the molecule is CC(C)(C)OC(=O)NCc1cc(C(=O)O)cc(S(C)(=O)=O)c1. The molecule has 2 N–H and O–H groups in total. The summed E-state index contributed by atoms with van der Waals surface area (Å²) in [5.74, 6) is -1.25. The first-order valence-electron chi connectivity index (χ1n) is 6.42. The summed E-state index contributed by atoms with van der Waals surface area (Å²) >= 11 is 0. The highest BCUT2D eigenvalue weighted by atomic mass is 32.2. The van der Waals surface area contributed by atoms with Gasteiger partial charge in [0.15, 0.2) is 9.84 Å². The minimum Gasteiger partial charge on any atom is -0.478 e. The van der Waals surface area contributed by atoms with E-state index in [1.54, 1.807) is 20.8 Å². The summed E-state index contributed by atoms with van der Waals surface area (Å²) in [6.45, 7) is 5.08. The maximum Gasteiger partial charge on any atom is 0.407 e. The maximum atomic E-state index is 11.6. The van der Waals surface area contributed by atoms with E-state index in [1.807, 2.05) is 0 Å². The summed E-state index contributed by atoms with van der Waals surface area (Å²) in [6, 6.07) is 3.70. The number of amides is 1. The Morgan fingerprint density at radius 1 is 1.23 bits per heavy atom. The van der Waals surface area contributed by atoms with Gasteiger partial charge >= 0.3 is 12.1 Å². The van der Waals surface area contributed by atoms with Crippen LogP contribution in [-0.4, -0.2) is 37.4 Å². The molecule has 122 valence electrons. The van der Waals surface area contributed by atoms with Crippen molar-refractivity contribution in [2.75, 3.05) is 6.26 Å². The zero-order chi connectivity index (χ0) is 17.1. The normalized spacial score (nSPS) is 11.8. The smallest absolute Gasteiger partial charge is 0.407 e. The summed E-state index contributed by atoms with van der Waals surface area (Å²) in [4.78, 5) is 22.5. The first-order chi connectivity index (χ1) is 9.88. The molecule has 8 heteroatoms. The average Bonchev–Trinajstić information content (AvgIpc) is 2.33. The van der Waals surface area contributed by atoms with Gasteiger partial charge < -0.3 is 15.2 Å². The van der Waals surface area contributed by atoms with Gasteiger partial charge in [-0.25, -0.2) is 18.0 Å². The molecule has 0 atom stereocenters. The summed E-state index contributed by atoms with van der Waals surface area (Å²) < 4.78 is 28.2. The fourth-order valence-corrected chi connectivity index (χ4v) is 2.30. The zero-order valence-electron chi connectivity index (χ0n) is 12.8. The highest BCUT2D eigenvalue weighted by molar-refractivity contribution is 7.90. The lowest BCUT2D eigenvalue weighted by Crippen LogP contribution is -2.32. The van der Waals surface area contributed by atoms with Gasteiger partial charge in [-0.3, -0.25) is 0 Å². The van der Waals surface area contributed by atoms with Crippen LogP contribution in [0.3, 0.4) is 0 Å². The van der Waals surface area contributed by atoms with E-state index in [0.29, 0.717) is 5.56 Å². The Bertz CT molecular complexity index is 688. The van der Waals surface area contributed by atoms with E-state index in [9.17, 15) is 18.0 Å². The van der Waals surface area contributed by atoms with Gasteiger partial charge in [0.25, 0.3) is 0 Å². The Morgan fingerprint density at radius 2 is 1.82 bits per heavy atom. The molecule has 0 bridgehead atoms. The maximum absolute atomic E-state index is 11.6. The number of carboxylic acids is 1. The van der Waals surface area contributed by atoms with Gasteiger partial charge in [0.1, 0.15) is 5.60 Å². The summed E-state index contributed by atoms with van der Waals surface area (Å²) in [5.41, 5.74) is -0.472. The number of benzene rings is 1. The van der Waals surface area contributed by atoms with Crippen molar-refractivity contribution in [3.63, 3.8) is 0 Å². The number of nitrogens with one attached hydrogen (secondary N) is 1. The lowest BCUT2D eigenvalue weighted by atomic mass is 10.1. The number of rotatable bonds is 4. The number of alkyl carbamates (subject to hydrolysis) is 1. The van der Waals surface area contributed by atoms with Crippen LogP contribution < -0.4 is 5.32 Å². The Hall–Kier alpha value is -2.09. The van der Waals surface area contributed by atoms with Crippen molar-refractivity contribution in [3.8, 4) is 0 Å². The van der Waals surface area contributed by atoms with Crippen molar-refractivity contribution in [3.05, 3.63) is 29.3 Å². The van der Waals surface area contributed by atoms with Gasteiger partial charge in [0.05, 0.1) is 10.5 Å².